The second-order valence-corrected chi connectivity index (χ2v) is 5.94. The van der Waals surface area contributed by atoms with Crippen LogP contribution in [0.25, 0.3) is 0 Å². The standard InChI is InChI=1S/C14H22BrN3/c1-16-6-5-14-4-2-3-7-18(14)11-12-8-13(15)10-17-9-12/h8-10,14,16H,2-7,11H2,1H3. The van der Waals surface area contributed by atoms with Gasteiger partial charge in [-0.2, -0.15) is 0 Å². The Hall–Kier alpha value is -0.450. The first-order valence-electron chi connectivity index (χ1n) is 6.77. The Balaban J connectivity index is 1.96. The molecule has 4 heteroatoms. The van der Waals surface area contributed by atoms with Crippen LogP contribution in [0.1, 0.15) is 31.2 Å². The van der Waals surface area contributed by atoms with Crippen LogP contribution in [-0.4, -0.2) is 36.1 Å². The summed E-state index contributed by atoms with van der Waals surface area (Å²) in [5.41, 5.74) is 1.31. The Morgan fingerprint density at radius 2 is 2.33 bits per heavy atom. The first-order chi connectivity index (χ1) is 8.79. The van der Waals surface area contributed by atoms with E-state index in [-0.39, 0.29) is 0 Å². The van der Waals surface area contributed by atoms with Crippen LogP contribution in [0.3, 0.4) is 0 Å². The van der Waals surface area contributed by atoms with Gasteiger partial charge in [0.25, 0.3) is 0 Å². The Bertz CT molecular complexity index is 370. The second kappa shape index (κ2) is 7.22. The molecule has 3 nitrogen and oxygen atoms in total. The number of rotatable bonds is 5. The number of nitrogens with zero attached hydrogens (tertiary/aromatic N) is 2. The number of aromatic nitrogens is 1. The van der Waals surface area contributed by atoms with Gasteiger partial charge in [0, 0.05) is 29.5 Å². The predicted octanol–water partition coefficient (Wildman–Crippen LogP) is 2.81. The second-order valence-electron chi connectivity index (χ2n) is 5.02. The van der Waals surface area contributed by atoms with Gasteiger partial charge in [-0.05, 0) is 67.0 Å². The number of nitrogens with one attached hydrogen (secondary N) is 1. The lowest BCUT2D eigenvalue weighted by Crippen LogP contribution is -2.40. The van der Waals surface area contributed by atoms with Crippen molar-refractivity contribution in [3.05, 3.63) is 28.5 Å². The van der Waals surface area contributed by atoms with Crippen molar-refractivity contribution in [1.29, 1.82) is 0 Å². The third kappa shape index (κ3) is 4.04. The van der Waals surface area contributed by atoms with Crippen molar-refractivity contribution in [2.75, 3.05) is 20.1 Å². The van der Waals surface area contributed by atoms with Crippen molar-refractivity contribution < 1.29 is 0 Å². The Kier molecular flexibility index (Phi) is 5.60. The molecule has 100 valence electrons. The summed E-state index contributed by atoms with van der Waals surface area (Å²) in [5.74, 6) is 0. The molecule has 0 aromatic carbocycles. The van der Waals surface area contributed by atoms with E-state index >= 15 is 0 Å². The topological polar surface area (TPSA) is 28.2 Å². The van der Waals surface area contributed by atoms with E-state index in [0.717, 1.165) is 23.6 Å². The highest BCUT2D eigenvalue weighted by Gasteiger charge is 2.21. The van der Waals surface area contributed by atoms with Crippen molar-refractivity contribution in [3.8, 4) is 0 Å². The molecule has 0 saturated carbocycles. The van der Waals surface area contributed by atoms with Crippen LogP contribution in [0.15, 0.2) is 22.9 Å². The molecular formula is C14H22BrN3. The molecule has 0 amide bonds. The largest absolute Gasteiger partial charge is 0.320 e. The van der Waals surface area contributed by atoms with Gasteiger partial charge in [0.2, 0.25) is 0 Å². The van der Waals surface area contributed by atoms with Crippen LogP contribution in [0, 0.1) is 0 Å². The summed E-state index contributed by atoms with van der Waals surface area (Å²) in [5, 5.41) is 3.26. The summed E-state index contributed by atoms with van der Waals surface area (Å²) in [4.78, 5) is 6.87. The van der Waals surface area contributed by atoms with Gasteiger partial charge in [0.15, 0.2) is 0 Å². The number of hydrogen-bond donors (Lipinski definition) is 1. The van der Waals surface area contributed by atoms with Crippen molar-refractivity contribution in [1.82, 2.24) is 15.2 Å². The average Bonchev–Trinajstić information content (AvgIpc) is 2.38. The monoisotopic (exact) mass is 311 g/mol. The van der Waals surface area contributed by atoms with Gasteiger partial charge in [-0.25, -0.2) is 0 Å². The summed E-state index contributed by atoms with van der Waals surface area (Å²) in [6.07, 6.45) is 9.12. The van der Waals surface area contributed by atoms with Gasteiger partial charge in [-0.1, -0.05) is 6.42 Å². The van der Waals surface area contributed by atoms with E-state index < -0.39 is 0 Å². The van der Waals surface area contributed by atoms with E-state index in [1.54, 1.807) is 0 Å². The van der Waals surface area contributed by atoms with Crippen LogP contribution in [-0.2, 0) is 6.54 Å². The highest BCUT2D eigenvalue weighted by Crippen LogP contribution is 2.22. The van der Waals surface area contributed by atoms with E-state index in [1.807, 2.05) is 19.4 Å². The van der Waals surface area contributed by atoms with Crippen molar-refractivity contribution in [2.24, 2.45) is 0 Å². The van der Waals surface area contributed by atoms with Gasteiger partial charge in [0.1, 0.15) is 0 Å². The highest BCUT2D eigenvalue weighted by atomic mass is 79.9. The summed E-state index contributed by atoms with van der Waals surface area (Å²) >= 11 is 3.49. The molecule has 1 fully saturated rings. The van der Waals surface area contributed by atoms with Crippen LogP contribution in [0.4, 0.5) is 0 Å². The molecule has 1 aliphatic rings. The van der Waals surface area contributed by atoms with Gasteiger partial charge in [0.05, 0.1) is 0 Å². The maximum Gasteiger partial charge on any atom is 0.0410 e. The summed E-state index contributed by atoms with van der Waals surface area (Å²) in [6, 6.07) is 2.90. The zero-order valence-corrected chi connectivity index (χ0v) is 12.6. The molecule has 18 heavy (non-hydrogen) atoms. The predicted molar refractivity (Wildman–Crippen MR) is 78.5 cm³/mol. The Morgan fingerprint density at radius 3 is 3.11 bits per heavy atom. The molecule has 2 heterocycles. The molecule has 1 aromatic heterocycles. The zero-order chi connectivity index (χ0) is 12.8. The van der Waals surface area contributed by atoms with Crippen molar-refractivity contribution >= 4 is 15.9 Å². The van der Waals surface area contributed by atoms with E-state index in [1.165, 1.54) is 37.8 Å². The molecule has 0 spiro atoms. The highest BCUT2D eigenvalue weighted by molar-refractivity contribution is 9.10. The fourth-order valence-electron chi connectivity index (χ4n) is 2.68. The van der Waals surface area contributed by atoms with E-state index in [0.29, 0.717) is 0 Å². The first-order valence-corrected chi connectivity index (χ1v) is 7.57. The van der Waals surface area contributed by atoms with Crippen molar-refractivity contribution in [2.45, 2.75) is 38.3 Å². The molecule has 0 bridgehead atoms. The lowest BCUT2D eigenvalue weighted by atomic mass is 9.98. The molecule has 0 aliphatic carbocycles. The zero-order valence-electron chi connectivity index (χ0n) is 11.0. The molecule has 1 aliphatic heterocycles. The normalized spacial score (nSPS) is 21.1. The van der Waals surface area contributed by atoms with Crippen LogP contribution in [0.5, 0.6) is 0 Å². The number of likely N-dealkylation sites (tertiary alicyclic amines) is 1. The van der Waals surface area contributed by atoms with Gasteiger partial charge >= 0.3 is 0 Å². The van der Waals surface area contributed by atoms with Crippen LogP contribution in [0.2, 0.25) is 0 Å². The number of pyridine rings is 1. The smallest absolute Gasteiger partial charge is 0.0410 e. The minimum absolute atomic E-state index is 0.727. The minimum Gasteiger partial charge on any atom is -0.320 e. The van der Waals surface area contributed by atoms with E-state index in [9.17, 15) is 0 Å². The molecular weight excluding hydrogens is 290 g/mol. The van der Waals surface area contributed by atoms with E-state index in [2.05, 4.69) is 37.2 Å². The van der Waals surface area contributed by atoms with Gasteiger partial charge in [-0.3, -0.25) is 9.88 Å². The lowest BCUT2D eigenvalue weighted by molar-refractivity contribution is 0.132. The maximum absolute atomic E-state index is 4.25. The molecule has 1 unspecified atom stereocenters. The fraction of sp³-hybridized carbons (Fsp3) is 0.643. The molecule has 1 N–H and O–H groups in total. The summed E-state index contributed by atoms with van der Waals surface area (Å²) in [7, 11) is 2.03. The van der Waals surface area contributed by atoms with Crippen LogP contribution >= 0.6 is 15.9 Å². The van der Waals surface area contributed by atoms with Gasteiger partial charge in [-0.15, -0.1) is 0 Å². The third-order valence-corrected chi connectivity index (χ3v) is 4.06. The third-order valence-electron chi connectivity index (χ3n) is 3.62. The quantitative estimate of drug-likeness (QED) is 0.906. The lowest BCUT2D eigenvalue weighted by Gasteiger charge is -2.35. The average molecular weight is 312 g/mol. The summed E-state index contributed by atoms with van der Waals surface area (Å²) in [6.45, 7) is 3.36. The molecule has 1 aromatic rings. The summed E-state index contributed by atoms with van der Waals surface area (Å²) < 4.78 is 1.07. The number of hydrogen-bond acceptors (Lipinski definition) is 3. The SMILES string of the molecule is CNCCC1CCCCN1Cc1cncc(Br)c1. The van der Waals surface area contributed by atoms with Gasteiger partial charge < -0.3 is 5.32 Å². The Morgan fingerprint density at radius 1 is 1.44 bits per heavy atom. The maximum atomic E-state index is 4.25. The van der Waals surface area contributed by atoms with Crippen LogP contribution < -0.4 is 5.32 Å². The van der Waals surface area contributed by atoms with Crippen molar-refractivity contribution in [3.63, 3.8) is 0 Å². The fourth-order valence-corrected chi connectivity index (χ4v) is 3.10. The molecule has 0 radical (unpaired) electrons. The minimum atomic E-state index is 0.727. The number of halogens is 1. The first kappa shape index (κ1) is 14.0. The Labute approximate surface area is 118 Å². The molecule has 2 rings (SSSR count). The molecule has 1 saturated heterocycles. The number of piperidine rings is 1. The molecule has 1 atom stereocenters. The van der Waals surface area contributed by atoms with E-state index in [4.69, 9.17) is 0 Å².